The van der Waals surface area contributed by atoms with Crippen molar-refractivity contribution in [3.05, 3.63) is 59.0 Å². The predicted molar refractivity (Wildman–Crippen MR) is 132 cm³/mol. The minimum absolute atomic E-state index is 0.139. The van der Waals surface area contributed by atoms with Gasteiger partial charge in [0.1, 0.15) is 24.4 Å². The van der Waals surface area contributed by atoms with E-state index in [1.54, 1.807) is 11.3 Å². The highest BCUT2D eigenvalue weighted by atomic mass is 32.1. The van der Waals surface area contributed by atoms with Gasteiger partial charge >= 0.3 is 0 Å². The molecule has 1 aromatic carbocycles. The zero-order chi connectivity index (χ0) is 23.9. The number of hydrogen-bond donors (Lipinski definition) is 4. The molecular formula is C27H34O6S. The number of rotatable bonds is 6. The third kappa shape index (κ3) is 4.63. The number of benzene rings is 1. The van der Waals surface area contributed by atoms with E-state index in [1.165, 1.54) is 15.0 Å². The summed E-state index contributed by atoms with van der Waals surface area (Å²) < 4.78 is 13.9. The zero-order valence-corrected chi connectivity index (χ0v) is 20.2. The third-order valence-electron chi connectivity index (χ3n) is 7.54. The molecule has 6 nitrogen and oxygen atoms in total. The van der Waals surface area contributed by atoms with Crippen molar-refractivity contribution in [1.82, 2.24) is 0 Å². The predicted octanol–water partition coefficient (Wildman–Crippen LogP) is 3.12. The molecule has 0 radical (unpaired) electrons. The molecule has 5 rings (SSSR count). The lowest BCUT2D eigenvalue weighted by Gasteiger charge is -2.48. The van der Waals surface area contributed by atoms with Crippen molar-refractivity contribution in [1.29, 1.82) is 0 Å². The fraction of sp³-hybridized carbons (Fsp3) is 0.556. The second-order valence-electron chi connectivity index (χ2n) is 10.0. The average Bonchev–Trinajstić information content (AvgIpc) is 3.48. The molecule has 0 amide bonds. The zero-order valence-electron chi connectivity index (χ0n) is 19.4. The summed E-state index contributed by atoms with van der Waals surface area (Å²) in [7, 11) is 0. The van der Waals surface area contributed by atoms with E-state index in [0.29, 0.717) is 0 Å². The monoisotopic (exact) mass is 486 g/mol. The van der Waals surface area contributed by atoms with E-state index in [9.17, 15) is 20.4 Å². The molecule has 2 fully saturated rings. The van der Waals surface area contributed by atoms with Crippen LogP contribution in [0.5, 0.6) is 0 Å². The average molecular weight is 487 g/mol. The summed E-state index contributed by atoms with van der Waals surface area (Å²) in [5.74, 6) is -0.395. The lowest BCUT2D eigenvalue weighted by atomic mass is 9.74. The van der Waals surface area contributed by atoms with Crippen molar-refractivity contribution in [3.8, 4) is 0 Å². The molecule has 1 saturated heterocycles. The van der Waals surface area contributed by atoms with E-state index >= 15 is 0 Å². The number of ether oxygens (including phenoxy) is 2. The Morgan fingerprint density at radius 3 is 2.59 bits per heavy atom. The molecule has 34 heavy (non-hydrogen) atoms. The minimum Gasteiger partial charge on any atom is -0.394 e. The maximum absolute atomic E-state index is 10.9. The van der Waals surface area contributed by atoms with Crippen LogP contribution in [0.25, 0.3) is 10.1 Å². The quantitative estimate of drug-likeness (QED) is 0.501. The van der Waals surface area contributed by atoms with Crippen LogP contribution in [0, 0.1) is 5.92 Å². The maximum atomic E-state index is 10.9. The Hall–Kier alpha value is -1.58. The molecule has 2 aromatic rings. The standard InChI is InChI=1S/C27H34O6S/c1-27(33-18-7-3-4-8-18)11-10-16(12-19-14-17-6-2-5-9-22(17)34-19)13-20(27)26-25(31)24(30)23(29)21(15-28)32-26/h2,5-6,9-11,13-14,18,20-21,23-26,28-31H,3-4,7-8,12,15H2,1H3/t20?,21?,23-,24+,25-,26+,27?/m1/s1. The highest BCUT2D eigenvalue weighted by Crippen LogP contribution is 2.42. The van der Waals surface area contributed by atoms with Crippen LogP contribution in [0.3, 0.4) is 0 Å². The molecule has 3 unspecified atom stereocenters. The summed E-state index contributed by atoms with van der Waals surface area (Å²) in [5, 5.41) is 42.6. The first-order valence-corrected chi connectivity index (χ1v) is 13.1. The fourth-order valence-corrected chi connectivity index (χ4v) is 6.71. The van der Waals surface area contributed by atoms with Crippen LogP contribution in [0.4, 0.5) is 0 Å². The Morgan fingerprint density at radius 2 is 1.85 bits per heavy atom. The normalized spacial score (nSPS) is 36.8. The number of aliphatic hydroxyl groups excluding tert-OH is 4. The van der Waals surface area contributed by atoms with Crippen molar-refractivity contribution in [2.45, 2.75) is 81.3 Å². The molecule has 1 aliphatic heterocycles. The van der Waals surface area contributed by atoms with Gasteiger partial charge in [0.25, 0.3) is 0 Å². The number of hydrogen-bond acceptors (Lipinski definition) is 7. The number of allylic oxidation sites excluding steroid dienone is 2. The van der Waals surface area contributed by atoms with Gasteiger partial charge in [-0.1, -0.05) is 49.3 Å². The van der Waals surface area contributed by atoms with Crippen LogP contribution in [0.2, 0.25) is 0 Å². The summed E-state index contributed by atoms with van der Waals surface area (Å²) in [6.07, 6.45) is 5.55. The van der Waals surface area contributed by atoms with Gasteiger partial charge in [-0.3, -0.25) is 0 Å². The van der Waals surface area contributed by atoms with Crippen molar-refractivity contribution in [2.24, 2.45) is 5.92 Å². The van der Waals surface area contributed by atoms with E-state index in [-0.39, 0.29) is 6.10 Å². The van der Waals surface area contributed by atoms with Gasteiger partial charge in [-0.05, 0) is 42.9 Å². The largest absolute Gasteiger partial charge is 0.394 e. The molecule has 1 saturated carbocycles. The van der Waals surface area contributed by atoms with Crippen LogP contribution in [0.15, 0.2) is 54.1 Å². The first kappa shape index (κ1) is 24.1. The summed E-state index contributed by atoms with van der Waals surface area (Å²) in [6, 6.07) is 10.5. The first-order valence-electron chi connectivity index (χ1n) is 12.2. The fourth-order valence-electron chi connectivity index (χ4n) is 5.61. The second kappa shape index (κ2) is 9.82. The highest BCUT2D eigenvalue weighted by Gasteiger charge is 2.51. The van der Waals surface area contributed by atoms with Crippen molar-refractivity contribution < 1.29 is 29.9 Å². The SMILES string of the molecule is CC1(OC2CCCC2)C=CC(Cc2cc3ccccc3s2)=CC1[C@@H]1OC(CO)[C@@H](O)[C@H](O)[C@H]1O. The van der Waals surface area contributed by atoms with Gasteiger partial charge < -0.3 is 29.9 Å². The van der Waals surface area contributed by atoms with Crippen molar-refractivity contribution in [3.63, 3.8) is 0 Å². The van der Waals surface area contributed by atoms with Gasteiger partial charge in [0.05, 0.1) is 24.4 Å². The van der Waals surface area contributed by atoms with Crippen LogP contribution in [0.1, 0.15) is 37.5 Å². The molecule has 2 heterocycles. The maximum Gasteiger partial charge on any atom is 0.111 e. The van der Waals surface area contributed by atoms with Crippen LogP contribution in [-0.2, 0) is 15.9 Å². The van der Waals surface area contributed by atoms with E-state index in [2.05, 4.69) is 36.4 Å². The summed E-state index contributed by atoms with van der Waals surface area (Å²) in [6.45, 7) is 1.56. The number of fused-ring (bicyclic) bond motifs is 1. The lowest BCUT2D eigenvalue weighted by Crippen LogP contribution is -2.63. The summed E-state index contributed by atoms with van der Waals surface area (Å²) in [5.41, 5.74) is 0.341. The van der Waals surface area contributed by atoms with Crippen molar-refractivity contribution in [2.75, 3.05) is 6.61 Å². The summed E-state index contributed by atoms with van der Waals surface area (Å²) in [4.78, 5) is 1.24. The van der Waals surface area contributed by atoms with Crippen LogP contribution in [-0.4, -0.2) is 69.3 Å². The Labute approximate surface area is 204 Å². The molecule has 1 aromatic heterocycles. The van der Waals surface area contributed by atoms with Gasteiger partial charge in [-0.2, -0.15) is 0 Å². The second-order valence-corrected chi connectivity index (χ2v) is 11.2. The van der Waals surface area contributed by atoms with Gasteiger partial charge in [-0.25, -0.2) is 0 Å². The molecule has 7 atom stereocenters. The van der Waals surface area contributed by atoms with Gasteiger partial charge in [0.2, 0.25) is 0 Å². The Balaban J connectivity index is 1.46. The topological polar surface area (TPSA) is 99.4 Å². The third-order valence-corrected chi connectivity index (χ3v) is 8.66. The van der Waals surface area contributed by atoms with Gasteiger partial charge in [-0.15, -0.1) is 11.3 Å². The van der Waals surface area contributed by atoms with Crippen LogP contribution >= 0.6 is 11.3 Å². The number of aliphatic hydroxyl groups is 4. The van der Waals surface area contributed by atoms with E-state index in [4.69, 9.17) is 9.47 Å². The van der Waals surface area contributed by atoms with Crippen LogP contribution < -0.4 is 0 Å². The van der Waals surface area contributed by atoms with Crippen molar-refractivity contribution >= 4 is 21.4 Å². The molecule has 2 aliphatic carbocycles. The number of thiophene rings is 1. The molecule has 0 spiro atoms. The Morgan fingerprint density at radius 1 is 1.09 bits per heavy atom. The lowest BCUT2D eigenvalue weighted by molar-refractivity contribution is -0.251. The molecule has 4 N–H and O–H groups in total. The van der Waals surface area contributed by atoms with E-state index in [1.807, 2.05) is 19.1 Å². The smallest absolute Gasteiger partial charge is 0.111 e. The molecule has 0 bridgehead atoms. The molecular weight excluding hydrogens is 452 g/mol. The summed E-state index contributed by atoms with van der Waals surface area (Å²) >= 11 is 1.77. The van der Waals surface area contributed by atoms with Gasteiger partial charge in [0.15, 0.2) is 0 Å². The van der Waals surface area contributed by atoms with Gasteiger partial charge in [0, 0.05) is 21.9 Å². The minimum atomic E-state index is -1.41. The Kier molecular flexibility index (Phi) is 6.97. The highest BCUT2D eigenvalue weighted by molar-refractivity contribution is 7.19. The first-order chi connectivity index (χ1) is 16.4. The molecule has 3 aliphatic rings. The molecule has 184 valence electrons. The molecule has 7 heteroatoms. The Bertz CT molecular complexity index is 1020. The van der Waals surface area contributed by atoms with E-state index in [0.717, 1.165) is 37.7 Å². The van der Waals surface area contributed by atoms with E-state index < -0.39 is 48.6 Å².